The molecule has 21 heavy (non-hydrogen) atoms. The van der Waals surface area contributed by atoms with E-state index in [0.29, 0.717) is 5.92 Å². The smallest absolute Gasteiger partial charge is 0.119 e. The lowest BCUT2D eigenvalue weighted by Gasteiger charge is -2.08. The Bertz CT molecular complexity index is 584. The number of aryl methyl sites for hydroxylation is 1. The molecule has 2 rings (SSSR count). The van der Waals surface area contributed by atoms with Crippen LogP contribution < -0.4 is 4.74 Å². The minimum Gasteiger partial charge on any atom is -0.497 e. The summed E-state index contributed by atoms with van der Waals surface area (Å²) in [4.78, 5) is 2.24. The normalized spacial score (nSPS) is 11.8. The highest BCUT2D eigenvalue weighted by atomic mass is 16.5. The van der Waals surface area contributed by atoms with Gasteiger partial charge >= 0.3 is 0 Å². The summed E-state index contributed by atoms with van der Waals surface area (Å²) in [6.45, 7) is 6.72. The van der Waals surface area contributed by atoms with Crippen molar-refractivity contribution >= 4 is 10.9 Å². The van der Waals surface area contributed by atoms with Gasteiger partial charge in [0, 0.05) is 23.6 Å². The molecule has 2 aromatic rings. The third-order valence-corrected chi connectivity index (χ3v) is 3.78. The van der Waals surface area contributed by atoms with E-state index in [4.69, 9.17) is 4.74 Å². The van der Waals surface area contributed by atoms with Crippen LogP contribution in [0.1, 0.15) is 25.8 Å². The standard InChI is InChI=1S/C18H28N2O/c1-14(2)12-20-13-15(7-6-10-19(3)4)17-11-16(21-5)8-9-18(17)20/h8-9,11,13-14H,6-7,10,12H2,1-5H3. The number of fused-ring (bicyclic) bond motifs is 1. The van der Waals surface area contributed by atoms with Crippen LogP contribution in [0.2, 0.25) is 0 Å². The van der Waals surface area contributed by atoms with Crippen molar-refractivity contribution in [2.75, 3.05) is 27.7 Å². The maximum Gasteiger partial charge on any atom is 0.119 e. The van der Waals surface area contributed by atoms with Crippen LogP contribution in [0.3, 0.4) is 0 Å². The van der Waals surface area contributed by atoms with E-state index in [1.54, 1.807) is 7.11 Å². The lowest BCUT2D eigenvalue weighted by atomic mass is 10.1. The summed E-state index contributed by atoms with van der Waals surface area (Å²) in [6.07, 6.45) is 4.64. The highest BCUT2D eigenvalue weighted by Gasteiger charge is 2.10. The Kier molecular flexibility index (Phi) is 5.29. The van der Waals surface area contributed by atoms with Crippen LogP contribution in [-0.4, -0.2) is 37.2 Å². The monoisotopic (exact) mass is 288 g/mol. The fourth-order valence-corrected chi connectivity index (χ4v) is 2.81. The quantitative estimate of drug-likeness (QED) is 0.771. The fraction of sp³-hybridized carbons (Fsp3) is 0.556. The Morgan fingerprint density at radius 2 is 2.00 bits per heavy atom. The molecule has 0 aliphatic heterocycles. The van der Waals surface area contributed by atoms with Gasteiger partial charge in [-0.05, 0) is 63.2 Å². The Balaban J connectivity index is 2.32. The third kappa shape index (κ3) is 4.01. The second-order valence-corrected chi connectivity index (χ2v) is 6.49. The van der Waals surface area contributed by atoms with Crippen LogP contribution in [0.15, 0.2) is 24.4 Å². The van der Waals surface area contributed by atoms with E-state index < -0.39 is 0 Å². The van der Waals surface area contributed by atoms with Gasteiger partial charge in [-0.15, -0.1) is 0 Å². The summed E-state index contributed by atoms with van der Waals surface area (Å²) in [5.74, 6) is 1.59. The molecule has 3 nitrogen and oxygen atoms in total. The van der Waals surface area contributed by atoms with Crippen molar-refractivity contribution in [2.24, 2.45) is 5.92 Å². The summed E-state index contributed by atoms with van der Waals surface area (Å²) >= 11 is 0. The molecule has 0 spiro atoms. The van der Waals surface area contributed by atoms with Crippen molar-refractivity contribution in [1.82, 2.24) is 9.47 Å². The first-order valence-corrected chi connectivity index (χ1v) is 7.81. The highest BCUT2D eigenvalue weighted by Crippen LogP contribution is 2.27. The molecular formula is C18H28N2O. The van der Waals surface area contributed by atoms with E-state index in [1.807, 2.05) is 0 Å². The summed E-state index contributed by atoms with van der Waals surface area (Å²) < 4.78 is 7.79. The molecule has 1 heterocycles. The number of aromatic nitrogens is 1. The van der Waals surface area contributed by atoms with Gasteiger partial charge in [-0.25, -0.2) is 0 Å². The van der Waals surface area contributed by atoms with Gasteiger partial charge in [0.05, 0.1) is 7.11 Å². The van der Waals surface area contributed by atoms with E-state index >= 15 is 0 Å². The van der Waals surface area contributed by atoms with Crippen LogP contribution in [0.4, 0.5) is 0 Å². The van der Waals surface area contributed by atoms with Crippen molar-refractivity contribution in [3.63, 3.8) is 0 Å². The SMILES string of the molecule is COc1ccc2c(c1)c(CCCN(C)C)cn2CC(C)C. The zero-order chi connectivity index (χ0) is 15.4. The number of methoxy groups -OCH3 is 1. The molecule has 0 aliphatic rings. The molecule has 0 unspecified atom stereocenters. The first kappa shape index (κ1) is 15.9. The van der Waals surface area contributed by atoms with E-state index in [2.05, 4.69) is 61.8 Å². The maximum absolute atomic E-state index is 5.39. The van der Waals surface area contributed by atoms with Crippen LogP contribution in [0.25, 0.3) is 10.9 Å². The summed E-state index contributed by atoms with van der Waals surface area (Å²) in [6, 6.07) is 6.42. The molecule has 0 saturated heterocycles. The van der Waals surface area contributed by atoms with Crippen molar-refractivity contribution < 1.29 is 4.74 Å². The van der Waals surface area contributed by atoms with Crippen LogP contribution in [-0.2, 0) is 13.0 Å². The Labute approximate surface area is 128 Å². The molecule has 116 valence electrons. The van der Waals surface area contributed by atoms with Gasteiger partial charge in [0.2, 0.25) is 0 Å². The average Bonchev–Trinajstić information content (AvgIpc) is 2.75. The van der Waals surface area contributed by atoms with Crippen molar-refractivity contribution in [2.45, 2.75) is 33.2 Å². The predicted molar refractivity (Wildman–Crippen MR) is 90.2 cm³/mol. The first-order valence-electron chi connectivity index (χ1n) is 7.81. The molecule has 0 fully saturated rings. The highest BCUT2D eigenvalue weighted by molar-refractivity contribution is 5.85. The maximum atomic E-state index is 5.39. The summed E-state index contributed by atoms with van der Waals surface area (Å²) in [7, 11) is 5.99. The van der Waals surface area contributed by atoms with Gasteiger partial charge in [0.1, 0.15) is 5.75 Å². The molecule has 3 heteroatoms. The topological polar surface area (TPSA) is 17.4 Å². The second-order valence-electron chi connectivity index (χ2n) is 6.49. The Hall–Kier alpha value is -1.48. The lowest BCUT2D eigenvalue weighted by Crippen LogP contribution is -2.13. The fourth-order valence-electron chi connectivity index (χ4n) is 2.81. The third-order valence-electron chi connectivity index (χ3n) is 3.78. The van der Waals surface area contributed by atoms with E-state index in [0.717, 1.165) is 25.3 Å². The zero-order valence-electron chi connectivity index (χ0n) is 14.0. The first-order chi connectivity index (χ1) is 10.0. The molecule has 1 aromatic carbocycles. The molecule has 0 aliphatic carbocycles. The number of hydrogen-bond acceptors (Lipinski definition) is 2. The van der Waals surface area contributed by atoms with Gasteiger partial charge in [-0.2, -0.15) is 0 Å². The van der Waals surface area contributed by atoms with Crippen LogP contribution >= 0.6 is 0 Å². The van der Waals surface area contributed by atoms with Gasteiger partial charge in [-0.1, -0.05) is 13.8 Å². The molecule has 0 atom stereocenters. The van der Waals surface area contributed by atoms with Crippen LogP contribution in [0, 0.1) is 5.92 Å². The minimum atomic E-state index is 0.650. The molecule has 0 radical (unpaired) electrons. The largest absolute Gasteiger partial charge is 0.497 e. The number of rotatable bonds is 7. The van der Waals surface area contributed by atoms with Crippen LogP contribution in [0.5, 0.6) is 5.75 Å². The number of hydrogen-bond donors (Lipinski definition) is 0. The molecule has 0 bridgehead atoms. The summed E-state index contributed by atoms with van der Waals surface area (Å²) in [5.41, 5.74) is 2.76. The number of nitrogens with zero attached hydrogens (tertiary/aromatic N) is 2. The number of benzene rings is 1. The van der Waals surface area contributed by atoms with Gasteiger partial charge in [0.15, 0.2) is 0 Å². The van der Waals surface area contributed by atoms with Crippen molar-refractivity contribution in [3.8, 4) is 5.75 Å². The lowest BCUT2D eigenvalue weighted by molar-refractivity contribution is 0.400. The van der Waals surface area contributed by atoms with Gasteiger partial charge in [-0.3, -0.25) is 0 Å². The Morgan fingerprint density at radius 1 is 1.24 bits per heavy atom. The minimum absolute atomic E-state index is 0.650. The van der Waals surface area contributed by atoms with E-state index in [-0.39, 0.29) is 0 Å². The molecule has 0 saturated carbocycles. The summed E-state index contributed by atoms with van der Waals surface area (Å²) in [5, 5.41) is 1.34. The molecule has 0 N–H and O–H groups in total. The zero-order valence-corrected chi connectivity index (χ0v) is 14.0. The molecule has 1 aromatic heterocycles. The predicted octanol–water partition coefficient (Wildman–Crippen LogP) is 3.80. The van der Waals surface area contributed by atoms with E-state index in [1.165, 1.54) is 22.9 Å². The molecular weight excluding hydrogens is 260 g/mol. The Morgan fingerprint density at radius 3 is 2.62 bits per heavy atom. The second kappa shape index (κ2) is 6.99. The average molecular weight is 288 g/mol. The van der Waals surface area contributed by atoms with E-state index in [9.17, 15) is 0 Å². The number of ether oxygens (including phenoxy) is 1. The van der Waals surface area contributed by atoms with Gasteiger partial charge in [0.25, 0.3) is 0 Å². The van der Waals surface area contributed by atoms with Gasteiger partial charge < -0.3 is 14.2 Å². The molecule has 0 amide bonds. The van der Waals surface area contributed by atoms with Crippen molar-refractivity contribution in [1.29, 1.82) is 0 Å². The van der Waals surface area contributed by atoms with Crippen molar-refractivity contribution in [3.05, 3.63) is 30.0 Å².